The molecule has 0 fully saturated rings. The molecule has 0 aliphatic rings. The van der Waals surface area contributed by atoms with Gasteiger partial charge in [-0.15, -0.1) is 0 Å². The van der Waals surface area contributed by atoms with E-state index in [0.717, 1.165) is 0 Å². The molecule has 1 heterocycles. The second-order valence-electron chi connectivity index (χ2n) is 4.81. The highest BCUT2D eigenvalue weighted by Crippen LogP contribution is 2.15. The Kier molecular flexibility index (Phi) is 5.45. The number of sulfonamides is 1. The Bertz CT molecular complexity index is 537. The van der Waals surface area contributed by atoms with Crippen LogP contribution in [-0.2, 0) is 10.0 Å². The molecule has 0 saturated carbocycles. The first-order chi connectivity index (χ1) is 8.73. The van der Waals surface area contributed by atoms with Crippen LogP contribution in [0, 0.1) is 12.8 Å². The van der Waals surface area contributed by atoms with Crippen molar-refractivity contribution in [2.75, 3.05) is 13.1 Å². The second kappa shape index (κ2) is 6.44. The molecule has 0 atom stereocenters. The average molecular weight is 304 g/mol. The number of nitrogens with one attached hydrogen (secondary N) is 1. The molecular formula is C11H20N4O2S2. The average Bonchev–Trinajstić information content (AvgIpc) is 2.70. The maximum atomic E-state index is 12.5. The normalized spacial score (nSPS) is 12.3. The van der Waals surface area contributed by atoms with Crippen LogP contribution < -0.4 is 5.73 Å². The first kappa shape index (κ1) is 16.1. The highest BCUT2D eigenvalue weighted by molar-refractivity contribution is 7.89. The molecule has 0 spiro atoms. The summed E-state index contributed by atoms with van der Waals surface area (Å²) < 4.78 is 26.3. The Balaban J connectivity index is 2.98. The summed E-state index contributed by atoms with van der Waals surface area (Å²) >= 11 is 4.81. The van der Waals surface area contributed by atoms with Crippen LogP contribution in [0.2, 0.25) is 0 Å². The van der Waals surface area contributed by atoms with Crippen molar-refractivity contribution in [1.82, 2.24) is 14.3 Å². The van der Waals surface area contributed by atoms with E-state index in [0.29, 0.717) is 23.8 Å². The van der Waals surface area contributed by atoms with E-state index in [1.165, 1.54) is 10.5 Å². The molecule has 0 aromatic carbocycles. The Morgan fingerprint density at radius 2 is 2.21 bits per heavy atom. The van der Waals surface area contributed by atoms with Crippen molar-refractivity contribution in [1.29, 1.82) is 0 Å². The van der Waals surface area contributed by atoms with Crippen LogP contribution in [0.4, 0.5) is 0 Å². The molecule has 108 valence electrons. The fraction of sp³-hybridized carbons (Fsp3) is 0.636. The van der Waals surface area contributed by atoms with Crippen LogP contribution in [0.5, 0.6) is 0 Å². The number of imidazole rings is 1. The van der Waals surface area contributed by atoms with Gasteiger partial charge in [-0.2, -0.15) is 4.31 Å². The summed E-state index contributed by atoms with van der Waals surface area (Å²) in [6.07, 6.45) is 1.70. The summed E-state index contributed by atoms with van der Waals surface area (Å²) in [5.41, 5.74) is 5.45. The number of thiocarbonyl (C=S) groups is 1. The number of nitrogens with zero attached hydrogens (tertiary/aromatic N) is 2. The summed E-state index contributed by atoms with van der Waals surface area (Å²) in [6.45, 7) is 6.33. The molecule has 0 aliphatic carbocycles. The van der Waals surface area contributed by atoms with Crippen molar-refractivity contribution in [2.24, 2.45) is 11.7 Å². The topological polar surface area (TPSA) is 92.1 Å². The Hall–Kier alpha value is -0.990. The van der Waals surface area contributed by atoms with Gasteiger partial charge in [0.25, 0.3) is 10.0 Å². The van der Waals surface area contributed by atoms with E-state index in [4.69, 9.17) is 18.0 Å². The Morgan fingerprint density at radius 1 is 1.58 bits per heavy atom. The van der Waals surface area contributed by atoms with Crippen LogP contribution in [0.15, 0.2) is 11.2 Å². The second-order valence-corrected chi connectivity index (χ2v) is 7.24. The molecule has 0 amide bonds. The molecule has 6 nitrogen and oxygen atoms in total. The van der Waals surface area contributed by atoms with Crippen LogP contribution in [-0.4, -0.2) is 40.8 Å². The monoisotopic (exact) mass is 304 g/mol. The van der Waals surface area contributed by atoms with E-state index in [9.17, 15) is 8.42 Å². The van der Waals surface area contributed by atoms with Gasteiger partial charge in [-0.25, -0.2) is 13.4 Å². The fourth-order valence-electron chi connectivity index (χ4n) is 1.62. The zero-order chi connectivity index (χ0) is 14.6. The Labute approximate surface area is 119 Å². The fourth-order valence-corrected chi connectivity index (χ4v) is 3.28. The lowest BCUT2D eigenvalue weighted by Crippen LogP contribution is -2.36. The summed E-state index contributed by atoms with van der Waals surface area (Å²) in [6, 6.07) is 0. The molecule has 1 aromatic heterocycles. The Morgan fingerprint density at radius 3 is 2.63 bits per heavy atom. The molecule has 0 radical (unpaired) electrons. The zero-order valence-corrected chi connectivity index (χ0v) is 13.0. The van der Waals surface area contributed by atoms with Gasteiger partial charge in [0.05, 0.1) is 11.2 Å². The minimum Gasteiger partial charge on any atom is -0.393 e. The SMILES string of the molecule is Cc1ncc(S(=O)(=O)N(CCC(N)=S)CC(C)C)[nH]1. The van der Waals surface area contributed by atoms with Crippen molar-refractivity contribution in [3.63, 3.8) is 0 Å². The predicted octanol–water partition coefficient (Wildman–Crippen LogP) is 1.04. The lowest BCUT2D eigenvalue weighted by Gasteiger charge is -2.22. The van der Waals surface area contributed by atoms with Gasteiger partial charge in [0.15, 0.2) is 5.03 Å². The number of aromatic nitrogens is 2. The van der Waals surface area contributed by atoms with Crippen molar-refractivity contribution in [3.05, 3.63) is 12.0 Å². The van der Waals surface area contributed by atoms with Crippen LogP contribution in [0.3, 0.4) is 0 Å². The highest BCUT2D eigenvalue weighted by Gasteiger charge is 2.26. The van der Waals surface area contributed by atoms with E-state index >= 15 is 0 Å². The maximum Gasteiger partial charge on any atom is 0.260 e. The molecular weight excluding hydrogens is 284 g/mol. The number of hydrogen-bond donors (Lipinski definition) is 2. The molecule has 19 heavy (non-hydrogen) atoms. The largest absolute Gasteiger partial charge is 0.393 e. The quantitative estimate of drug-likeness (QED) is 0.734. The van der Waals surface area contributed by atoms with Crippen molar-refractivity contribution in [3.8, 4) is 0 Å². The summed E-state index contributed by atoms with van der Waals surface area (Å²) in [4.78, 5) is 6.99. The standard InChI is InChI=1S/C11H20N4O2S2/c1-8(2)7-15(5-4-10(12)18)19(16,17)11-6-13-9(3)14-11/h6,8H,4-5,7H2,1-3H3,(H2,12,18)(H,13,14). The van der Waals surface area contributed by atoms with Crippen molar-refractivity contribution >= 4 is 27.2 Å². The van der Waals surface area contributed by atoms with Crippen molar-refractivity contribution in [2.45, 2.75) is 32.2 Å². The van der Waals surface area contributed by atoms with Gasteiger partial charge in [-0.1, -0.05) is 26.1 Å². The summed E-state index contributed by atoms with van der Waals surface area (Å²) in [5, 5.41) is 0.105. The predicted molar refractivity (Wildman–Crippen MR) is 78.3 cm³/mol. The number of hydrogen-bond acceptors (Lipinski definition) is 4. The van der Waals surface area contributed by atoms with E-state index < -0.39 is 10.0 Å². The number of aryl methyl sites for hydroxylation is 1. The van der Waals surface area contributed by atoms with E-state index in [2.05, 4.69) is 9.97 Å². The van der Waals surface area contributed by atoms with Gasteiger partial charge in [0.2, 0.25) is 0 Å². The smallest absolute Gasteiger partial charge is 0.260 e. The molecule has 8 heteroatoms. The van der Waals surface area contributed by atoms with E-state index in [-0.39, 0.29) is 17.5 Å². The number of H-pyrrole nitrogens is 1. The zero-order valence-electron chi connectivity index (χ0n) is 11.4. The van der Waals surface area contributed by atoms with E-state index in [1.54, 1.807) is 6.92 Å². The molecule has 0 aliphatic heterocycles. The lowest BCUT2D eigenvalue weighted by molar-refractivity contribution is 0.373. The minimum atomic E-state index is -3.57. The summed E-state index contributed by atoms with van der Waals surface area (Å²) in [7, 11) is -3.57. The van der Waals surface area contributed by atoms with Gasteiger partial charge in [-0.05, 0) is 12.8 Å². The first-order valence-electron chi connectivity index (χ1n) is 6.03. The van der Waals surface area contributed by atoms with E-state index in [1.807, 2.05) is 13.8 Å². The first-order valence-corrected chi connectivity index (χ1v) is 7.88. The van der Waals surface area contributed by atoms with Gasteiger partial charge >= 0.3 is 0 Å². The molecule has 0 saturated heterocycles. The third-order valence-electron chi connectivity index (χ3n) is 2.47. The summed E-state index contributed by atoms with van der Waals surface area (Å²) in [5.74, 6) is 0.780. The van der Waals surface area contributed by atoms with Crippen LogP contribution in [0.1, 0.15) is 26.1 Å². The molecule has 3 N–H and O–H groups in total. The molecule has 0 bridgehead atoms. The third-order valence-corrected chi connectivity index (χ3v) is 4.45. The highest BCUT2D eigenvalue weighted by atomic mass is 32.2. The van der Waals surface area contributed by atoms with Gasteiger partial charge in [0, 0.05) is 19.5 Å². The van der Waals surface area contributed by atoms with Gasteiger partial charge in [-0.3, -0.25) is 0 Å². The maximum absolute atomic E-state index is 12.5. The third kappa shape index (κ3) is 4.55. The van der Waals surface area contributed by atoms with Crippen LogP contribution >= 0.6 is 12.2 Å². The van der Waals surface area contributed by atoms with Crippen molar-refractivity contribution < 1.29 is 8.42 Å². The van der Waals surface area contributed by atoms with Gasteiger partial charge < -0.3 is 10.7 Å². The molecule has 0 unspecified atom stereocenters. The number of nitrogens with two attached hydrogens (primary N) is 1. The lowest BCUT2D eigenvalue weighted by atomic mass is 10.2. The molecule has 1 aromatic rings. The van der Waals surface area contributed by atoms with Gasteiger partial charge in [0.1, 0.15) is 5.82 Å². The number of rotatable bonds is 7. The molecule has 1 rings (SSSR count). The van der Waals surface area contributed by atoms with Crippen LogP contribution in [0.25, 0.3) is 0 Å². The minimum absolute atomic E-state index is 0.105. The number of aromatic amines is 1.